The van der Waals surface area contributed by atoms with Crippen molar-refractivity contribution >= 4 is 0 Å². The van der Waals surface area contributed by atoms with E-state index < -0.39 is 0 Å². The van der Waals surface area contributed by atoms with Crippen LogP contribution in [0.4, 0.5) is 0 Å². The Balaban J connectivity index is 0. The van der Waals surface area contributed by atoms with Gasteiger partial charge in [-0.1, -0.05) is 11.1 Å². The fraction of sp³-hybridized carbons (Fsp3) is 0.818. The second kappa shape index (κ2) is 7.35. The Morgan fingerprint density at radius 3 is 1.00 bits per heavy atom. The number of allylic oxidation sites excluding steroid dienone is 2. The first kappa shape index (κ1) is 14.2. The molecule has 0 bridgehead atoms. The monoisotopic (exact) mass is 171 g/mol. The molecule has 0 rings (SSSR count). The Kier molecular flexibility index (Phi) is 8.73. The quantitative estimate of drug-likeness (QED) is 0.547. The molecule has 0 amide bonds. The van der Waals surface area contributed by atoms with E-state index >= 15 is 0 Å². The predicted octanol–water partition coefficient (Wildman–Crippen LogP) is 3.32. The molecule has 0 aliphatic rings. The molecule has 0 saturated heterocycles. The van der Waals surface area contributed by atoms with Crippen LogP contribution in [0.5, 0.6) is 0 Å². The molecule has 0 aliphatic heterocycles. The van der Waals surface area contributed by atoms with E-state index in [1.54, 1.807) is 0 Å². The van der Waals surface area contributed by atoms with Crippen LogP contribution in [0.3, 0.4) is 0 Å². The molecule has 0 spiro atoms. The van der Waals surface area contributed by atoms with Crippen LogP contribution < -0.4 is 0 Å². The Morgan fingerprint density at radius 2 is 1.00 bits per heavy atom. The average molecular weight is 171 g/mol. The lowest BCUT2D eigenvalue weighted by Gasteiger charge is -2.12. The summed E-state index contributed by atoms with van der Waals surface area (Å²) >= 11 is 0. The maximum absolute atomic E-state index is 2.17. The van der Waals surface area contributed by atoms with Gasteiger partial charge >= 0.3 is 0 Å². The zero-order chi connectivity index (χ0) is 10.3. The highest BCUT2D eigenvalue weighted by Gasteiger charge is 1.90. The molecule has 0 saturated carbocycles. The molecular weight excluding hydrogens is 146 g/mol. The van der Waals surface area contributed by atoms with Crippen molar-refractivity contribution in [2.75, 3.05) is 14.1 Å². The molecule has 0 radical (unpaired) electrons. The molecule has 0 heterocycles. The minimum atomic E-state index is 0.685. The number of nitrogens with zero attached hydrogens (tertiary/aromatic N) is 1. The van der Waals surface area contributed by atoms with Gasteiger partial charge in [-0.3, -0.25) is 0 Å². The summed E-state index contributed by atoms with van der Waals surface area (Å²) in [4.78, 5) is 2.17. The first-order valence-corrected chi connectivity index (χ1v) is 4.56. The van der Waals surface area contributed by atoms with Gasteiger partial charge in [-0.15, -0.1) is 0 Å². The van der Waals surface area contributed by atoms with Crippen molar-refractivity contribution in [1.82, 2.24) is 4.90 Å². The normalized spacial score (nSPS) is 9.50. The van der Waals surface area contributed by atoms with E-state index in [1.807, 2.05) is 0 Å². The topological polar surface area (TPSA) is 3.24 Å². The van der Waals surface area contributed by atoms with Gasteiger partial charge in [0.05, 0.1) is 0 Å². The summed E-state index contributed by atoms with van der Waals surface area (Å²) in [5, 5.41) is 0. The van der Waals surface area contributed by atoms with Gasteiger partial charge in [-0.05, 0) is 55.6 Å². The molecular formula is C11H25N. The Bertz CT molecular complexity index is 108. The van der Waals surface area contributed by atoms with Crippen molar-refractivity contribution in [3.8, 4) is 0 Å². The van der Waals surface area contributed by atoms with Crippen LogP contribution in [0, 0.1) is 0 Å². The maximum Gasteiger partial charge on any atom is 0.00324 e. The summed E-state index contributed by atoms with van der Waals surface area (Å²) in [6, 6.07) is 0.685. The van der Waals surface area contributed by atoms with Gasteiger partial charge in [0.15, 0.2) is 0 Å². The molecule has 1 heteroatoms. The third-order valence-electron chi connectivity index (χ3n) is 2.03. The minimum Gasteiger partial charge on any atom is -0.307 e. The summed E-state index contributed by atoms with van der Waals surface area (Å²) < 4.78 is 0. The van der Waals surface area contributed by atoms with Crippen molar-refractivity contribution in [3.05, 3.63) is 11.1 Å². The lowest BCUT2D eigenvalue weighted by atomic mass is 10.2. The molecule has 0 aliphatic carbocycles. The molecule has 0 fully saturated rings. The first-order chi connectivity index (χ1) is 5.29. The molecule has 0 atom stereocenters. The molecule has 74 valence electrons. The molecule has 0 N–H and O–H groups in total. The van der Waals surface area contributed by atoms with Gasteiger partial charge in [-0.2, -0.15) is 0 Å². The SMILES string of the molecule is CC(C)=C(C)C.CC(C)N(C)C. The van der Waals surface area contributed by atoms with Gasteiger partial charge in [-0.25, -0.2) is 0 Å². The van der Waals surface area contributed by atoms with Crippen molar-refractivity contribution < 1.29 is 0 Å². The predicted molar refractivity (Wildman–Crippen MR) is 58.5 cm³/mol. The van der Waals surface area contributed by atoms with Crippen LogP contribution in [0.15, 0.2) is 11.1 Å². The number of rotatable bonds is 1. The molecule has 1 nitrogen and oxygen atoms in total. The summed E-state index contributed by atoms with van der Waals surface area (Å²) in [6.45, 7) is 12.8. The van der Waals surface area contributed by atoms with E-state index in [4.69, 9.17) is 0 Å². The number of hydrogen-bond donors (Lipinski definition) is 0. The molecule has 0 aromatic carbocycles. The fourth-order valence-corrected chi connectivity index (χ4v) is 0. The van der Waals surface area contributed by atoms with Crippen molar-refractivity contribution in [2.45, 2.75) is 47.6 Å². The highest BCUT2D eigenvalue weighted by atomic mass is 15.1. The van der Waals surface area contributed by atoms with E-state index in [0.717, 1.165) is 0 Å². The van der Waals surface area contributed by atoms with Crippen LogP contribution in [-0.4, -0.2) is 25.0 Å². The van der Waals surface area contributed by atoms with E-state index in [0.29, 0.717) is 6.04 Å². The summed E-state index contributed by atoms with van der Waals surface area (Å²) in [5.74, 6) is 0. The third kappa shape index (κ3) is 12.4. The smallest absolute Gasteiger partial charge is 0.00324 e. The maximum atomic E-state index is 2.17. The van der Waals surface area contributed by atoms with Crippen LogP contribution >= 0.6 is 0 Å². The highest BCUT2D eigenvalue weighted by molar-refractivity contribution is 5.02. The van der Waals surface area contributed by atoms with E-state index in [2.05, 4.69) is 60.5 Å². The van der Waals surface area contributed by atoms with E-state index in [9.17, 15) is 0 Å². The van der Waals surface area contributed by atoms with E-state index in [-0.39, 0.29) is 0 Å². The van der Waals surface area contributed by atoms with Gasteiger partial charge in [0.25, 0.3) is 0 Å². The highest BCUT2D eigenvalue weighted by Crippen LogP contribution is 1.96. The lowest BCUT2D eigenvalue weighted by Crippen LogP contribution is -2.20. The second-order valence-electron chi connectivity index (χ2n) is 4.06. The number of hydrogen-bond acceptors (Lipinski definition) is 1. The Labute approximate surface area is 78.5 Å². The zero-order valence-corrected chi connectivity index (χ0v) is 10.0. The third-order valence-corrected chi connectivity index (χ3v) is 2.03. The van der Waals surface area contributed by atoms with Crippen LogP contribution in [-0.2, 0) is 0 Å². The minimum absolute atomic E-state index is 0.685. The largest absolute Gasteiger partial charge is 0.307 e. The lowest BCUT2D eigenvalue weighted by molar-refractivity contribution is 0.335. The summed E-state index contributed by atoms with van der Waals surface area (Å²) in [7, 11) is 4.15. The first-order valence-electron chi connectivity index (χ1n) is 4.56. The molecule has 0 unspecified atom stereocenters. The van der Waals surface area contributed by atoms with Crippen molar-refractivity contribution in [2.24, 2.45) is 0 Å². The summed E-state index contributed by atoms with van der Waals surface area (Å²) in [5.41, 5.74) is 2.85. The average Bonchev–Trinajstić information content (AvgIpc) is 1.88. The van der Waals surface area contributed by atoms with Gasteiger partial charge in [0, 0.05) is 6.04 Å². The Hall–Kier alpha value is -0.300. The van der Waals surface area contributed by atoms with Gasteiger partial charge in [0.2, 0.25) is 0 Å². The standard InChI is InChI=1S/C6H12.C5H13N/c2*1-5(2)6(3)4/h1-4H3;5H,1-4H3. The Morgan fingerprint density at radius 1 is 0.833 bits per heavy atom. The van der Waals surface area contributed by atoms with Crippen LogP contribution in [0.1, 0.15) is 41.5 Å². The van der Waals surface area contributed by atoms with Crippen LogP contribution in [0.25, 0.3) is 0 Å². The fourth-order valence-electron chi connectivity index (χ4n) is 0. The summed E-state index contributed by atoms with van der Waals surface area (Å²) in [6.07, 6.45) is 0. The van der Waals surface area contributed by atoms with Crippen molar-refractivity contribution in [3.63, 3.8) is 0 Å². The van der Waals surface area contributed by atoms with Gasteiger partial charge < -0.3 is 4.90 Å². The molecule has 12 heavy (non-hydrogen) atoms. The van der Waals surface area contributed by atoms with Crippen molar-refractivity contribution in [1.29, 1.82) is 0 Å². The molecule has 0 aromatic heterocycles. The van der Waals surface area contributed by atoms with Gasteiger partial charge in [0.1, 0.15) is 0 Å². The zero-order valence-electron chi connectivity index (χ0n) is 10.0. The van der Waals surface area contributed by atoms with Crippen LogP contribution in [0.2, 0.25) is 0 Å². The van der Waals surface area contributed by atoms with E-state index in [1.165, 1.54) is 11.1 Å². The second-order valence-corrected chi connectivity index (χ2v) is 4.06. The molecule has 0 aromatic rings.